The second kappa shape index (κ2) is 8.36. The third kappa shape index (κ3) is 3.10. The maximum atomic E-state index is 12.6. The van der Waals surface area contributed by atoms with Crippen LogP contribution >= 0.6 is 22.8 Å². The van der Waals surface area contributed by atoms with E-state index in [9.17, 15) is 19.2 Å². The first-order valence-corrected chi connectivity index (χ1v) is 10.8. The van der Waals surface area contributed by atoms with Crippen molar-refractivity contribution < 1.29 is 19.2 Å². The second-order valence-corrected chi connectivity index (χ2v) is 9.99. The second-order valence-electron chi connectivity index (χ2n) is 5.91. The van der Waals surface area contributed by atoms with Crippen LogP contribution in [0.4, 0.5) is 0 Å². The Bertz CT molecular complexity index is 1140. The van der Waals surface area contributed by atoms with Gasteiger partial charge in [0.05, 0.1) is 22.4 Å². The summed E-state index contributed by atoms with van der Waals surface area (Å²) in [6.07, 6.45) is 1.58. The van der Waals surface area contributed by atoms with Crippen molar-refractivity contribution in [3.63, 3.8) is 0 Å². The van der Waals surface area contributed by atoms with E-state index in [1.165, 1.54) is 0 Å². The number of rotatable bonds is 3. The molecular formula is C22H12BrO4P. The molecule has 0 bridgehead atoms. The summed E-state index contributed by atoms with van der Waals surface area (Å²) in [6.45, 7) is -3.01. The van der Waals surface area contributed by atoms with Crippen molar-refractivity contribution >= 4 is 56.9 Å². The summed E-state index contributed by atoms with van der Waals surface area (Å²) in [5.41, 5.74) is 0.949. The largest absolute Gasteiger partial charge is 0.234 e. The molecule has 0 amide bonds. The molecule has 1 atom stereocenters. The molecule has 3 rings (SSSR count). The molecule has 0 saturated carbocycles. The van der Waals surface area contributed by atoms with Gasteiger partial charge in [0, 0.05) is 11.4 Å². The summed E-state index contributed by atoms with van der Waals surface area (Å²) in [4.78, 5) is 47.4. The van der Waals surface area contributed by atoms with Crippen molar-refractivity contribution in [3.8, 4) is 0 Å². The summed E-state index contributed by atoms with van der Waals surface area (Å²) < 4.78 is 0.274. The third-order valence-corrected chi connectivity index (χ3v) is 8.98. The predicted octanol–water partition coefficient (Wildman–Crippen LogP) is 2.66. The Labute approximate surface area is 169 Å². The highest BCUT2D eigenvalue weighted by atomic mass is 79.9. The monoisotopic (exact) mass is 450 g/mol. The molecule has 0 aromatic heterocycles. The van der Waals surface area contributed by atoms with Crippen LogP contribution in [0.2, 0.25) is 0 Å². The minimum Gasteiger partial charge on any atom is -0.234 e. The number of hydrogen-bond donors (Lipinski definition) is 0. The molecule has 0 radical (unpaired) electrons. The first kappa shape index (κ1) is 19.8. The predicted molar refractivity (Wildman–Crippen MR) is 113 cm³/mol. The van der Waals surface area contributed by atoms with Crippen LogP contribution in [0.15, 0.2) is 87.9 Å². The van der Waals surface area contributed by atoms with Crippen molar-refractivity contribution in [2.75, 3.05) is 0 Å². The zero-order chi connectivity index (χ0) is 20.1. The summed E-state index contributed by atoms with van der Waals surface area (Å²) >= 11 is 3.27. The summed E-state index contributed by atoms with van der Waals surface area (Å²) in [6, 6.07) is 18.0. The smallest absolute Gasteiger partial charge is 0.135 e. The van der Waals surface area contributed by atoms with Gasteiger partial charge in [0.25, 0.3) is 0 Å². The fourth-order valence-corrected chi connectivity index (χ4v) is 7.53. The molecule has 136 valence electrons. The van der Waals surface area contributed by atoms with E-state index in [2.05, 4.69) is 21.6 Å². The van der Waals surface area contributed by atoms with E-state index in [0.717, 1.165) is 0 Å². The van der Waals surface area contributed by atoms with Crippen molar-refractivity contribution in [1.82, 2.24) is 0 Å². The van der Waals surface area contributed by atoms with E-state index in [-0.39, 0.29) is 21.2 Å². The Morgan fingerprint density at radius 3 is 1.61 bits per heavy atom. The molecule has 28 heavy (non-hydrogen) atoms. The lowest BCUT2D eigenvalue weighted by Gasteiger charge is -2.33. The van der Waals surface area contributed by atoms with E-state index in [4.69, 9.17) is 0 Å². The van der Waals surface area contributed by atoms with E-state index in [0.29, 0.717) is 10.6 Å². The summed E-state index contributed by atoms with van der Waals surface area (Å²) in [7, 11) is 0. The standard InChI is InChI=1S/C22H12BrO4P/c23-21-11-22(20(14-26)18(12-24)19(21)13-25)28(15-27,16-7-3-1-4-8-16)17-9-5-2-6-10-17/h1-11,22H. The number of benzene rings is 2. The summed E-state index contributed by atoms with van der Waals surface area (Å²) in [5, 5.41) is 1.38. The van der Waals surface area contributed by atoms with Crippen LogP contribution in [-0.4, -0.2) is 29.1 Å². The molecule has 0 spiro atoms. The van der Waals surface area contributed by atoms with Gasteiger partial charge in [-0.25, -0.2) is 19.2 Å². The van der Waals surface area contributed by atoms with Gasteiger partial charge in [-0.1, -0.05) is 66.7 Å². The molecule has 0 saturated heterocycles. The number of allylic oxidation sites excluding steroid dienone is 5. The molecule has 1 aliphatic rings. The van der Waals surface area contributed by atoms with E-state index >= 15 is 0 Å². The van der Waals surface area contributed by atoms with Crippen LogP contribution in [0.5, 0.6) is 0 Å². The summed E-state index contributed by atoms with van der Waals surface area (Å²) in [5.74, 6) is 5.07. The van der Waals surface area contributed by atoms with Gasteiger partial charge in [-0.15, -0.1) is 0 Å². The molecule has 1 unspecified atom stereocenters. The Morgan fingerprint density at radius 1 is 0.714 bits per heavy atom. The Kier molecular flexibility index (Phi) is 5.90. The first-order valence-electron chi connectivity index (χ1n) is 8.17. The fraction of sp³-hybridized carbons (Fsp3) is 0.0455. The molecule has 4 nitrogen and oxygen atoms in total. The van der Waals surface area contributed by atoms with Crippen molar-refractivity contribution in [2.24, 2.45) is 0 Å². The van der Waals surface area contributed by atoms with Gasteiger partial charge in [0.15, 0.2) is 0 Å². The SMILES string of the molecule is O=C=C1C(=C=O)C(Br)=CC(P(=C=O)(c2ccccc2)c2ccccc2)C1=C=O. The van der Waals surface area contributed by atoms with Crippen molar-refractivity contribution in [1.29, 1.82) is 0 Å². The van der Waals surface area contributed by atoms with Gasteiger partial charge >= 0.3 is 0 Å². The van der Waals surface area contributed by atoms with Crippen LogP contribution in [0.3, 0.4) is 0 Å². The van der Waals surface area contributed by atoms with Crippen LogP contribution < -0.4 is 10.6 Å². The average Bonchev–Trinajstić information content (AvgIpc) is 2.75. The van der Waals surface area contributed by atoms with E-state index in [1.807, 2.05) is 12.1 Å². The molecular weight excluding hydrogens is 439 g/mol. The molecule has 0 fully saturated rings. The molecule has 0 aliphatic heterocycles. The maximum absolute atomic E-state index is 12.6. The normalized spacial score (nSPS) is 16.4. The van der Waals surface area contributed by atoms with Crippen molar-refractivity contribution in [2.45, 2.75) is 5.66 Å². The highest BCUT2D eigenvalue weighted by molar-refractivity contribution is 9.12. The van der Waals surface area contributed by atoms with Gasteiger partial charge in [-0.05, 0) is 26.5 Å². The first-order chi connectivity index (χ1) is 13.6. The van der Waals surface area contributed by atoms with Crippen LogP contribution in [-0.2, 0) is 19.2 Å². The molecule has 1 aliphatic carbocycles. The number of hydrogen-bond acceptors (Lipinski definition) is 4. The third-order valence-electron chi connectivity index (χ3n) is 4.56. The van der Waals surface area contributed by atoms with Gasteiger partial charge in [0.1, 0.15) is 23.5 Å². The van der Waals surface area contributed by atoms with Crippen LogP contribution in [0, 0.1) is 0 Å². The molecule has 0 N–H and O–H groups in total. The van der Waals surface area contributed by atoms with E-state index < -0.39 is 12.5 Å². The highest BCUT2D eigenvalue weighted by Gasteiger charge is 2.41. The highest BCUT2D eigenvalue weighted by Crippen LogP contribution is 2.55. The van der Waals surface area contributed by atoms with Crippen molar-refractivity contribution in [3.05, 3.63) is 87.9 Å². The zero-order valence-corrected chi connectivity index (χ0v) is 16.9. The molecule has 2 aromatic carbocycles. The fourth-order valence-electron chi connectivity index (χ4n) is 3.29. The minimum absolute atomic E-state index is 0.0964. The lowest BCUT2D eigenvalue weighted by molar-refractivity contribution is 0.562. The Balaban J connectivity index is 2.48. The zero-order valence-electron chi connectivity index (χ0n) is 14.4. The molecule has 2 aromatic rings. The minimum atomic E-state index is -3.01. The van der Waals surface area contributed by atoms with Crippen LogP contribution in [0.1, 0.15) is 0 Å². The topological polar surface area (TPSA) is 68.3 Å². The van der Waals surface area contributed by atoms with Gasteiger partial charge in [-0.2, -0.15) is 0 Å². The quantitative estimate of drug-likeness (QED) is 0.532. The average molecular weight is 451 g/mol. The van der Waals surface area contributed by atoms with E-state index in [1.54, 1.807) is 72.4 Å². The van der Waals surface area contributed by atoms with Gasteiger partial charge < -0.3 is 0 Å². The van der Waals surface area contributed by atoms with Gasteiger partial charge in [0.2, 0.25) is 0 Å². The lowest BCUT2D eigenvalue weighted by Crippen LogP contribution is -2.30. The Hall–Kier alpha value is -2.98. The van der Waals surface area contributed by atoms with Crippen LogP contribution in [0.25, 0.3) is 0 Å². The number of halogens is 1. The number of carbonyl (C=O) groups excluding carboxylic acids is 4. The van der Waals surface area contributed by atoms with Gasteiger partial charge in [-0.3, -0.25) is 0 Å². The molecule has 6 heteroatoms. The maximum Gasteiger partial charge on any atom is 0.135 e. The Morgan fingerprint density at radius 2 is 1.21 bits per heavy atom. The lowest BCUT2D eigenvalue weighted by atomic mass is 9.93. The molecule has 0 heterocycles.